The number of benzene rings is 2. The summed E-state index contributed by atoms with van der Waals surface area (Å²) >= 11 is 0. The average Bonchev–Trinajstić information content (AvgIpc) is 2.61. The van der Waals surface area contributed by atoms with Crippen molar-refractivity contribution in [2.45, 2.75) is 31.2 Å². The number of aliphatic hydroxyl groups excluding tert-OH is 2. The van der Waals surface area contributed by atoms with Gasteiger partial charge in [-0.3, -0.25) is 0 Å². The second kappa shape index (κ2) is 7.88. The van der Waals surface area contributed by atoms with Gasteiger partial charge in [-0.2, -0.15) is 0 Å². The molecule has 2 aromatic rings. The van der Waals surface area contributed by atoms with Gasteiger partial charge in [-0.05, 0) is 22.4 Å². The molecular formula is C19H22O5. The molecule has 0 unspecified atom stereocenters. The van der Waals surface area contributed by atoms with Crippen molar-refractivity contribution in [1.29, 1.82) is 0 Å². The molecule has 1 heterocycles. The molecule has 0 aromatic heterocycles. The van der Waals surface area contributed by atoms with Crippen molar-refractivity contribution in [1.82, 2.24) is 0 Å². The van der Waals surface area contributed by atoms with Crippen LogP contribution >= 0.6 is 0 Å². The lowest BCUT2D eigenvalue weighted by atomic mass is 10.0. The maximum absolute atomic E-state index is 10.2. The number of rotatable bonds is 6. The van der Waals surface area contributed by atoms with E-state index in [0.717, 1.165) is 16.3 Å². The zero-order valence-electron chi connectivity index (χ0n) is 13.4. The lowest BCUT2D eigenvalue weighted by Gasteiger charge is -2.37. The highest BCUT2D eigenvalue weighted by Crippen LogP contribution is 2.22. The lowest BCUT2D eigenvalue weighted by Crippen LogP contribution is -2.54. The van der Waals surface area contributed by atoms with Crippen molar-refractivity contribution in [2.24, 2.45) is 0 Å². The smallest absolute Gasteiger partial charge is 0.186 e. The molecule has 24 heavy (non-hydrogen) atoms. The van der Waals surface area contributed by atoms with Gasteiger partial charge in [-0.15, -0.1) is 6.58 Å². The first-order valence-corrected chi connectivity index (χ1v) is 7.98. The molecule has 0 radical (unpaired) electrons. The summed E-state index contributed by atoms with van der Waals surface area (Å²) in [6.45, 7) is 4.18. The van der Waals surface area contributed by atoms with Crippen LogP contribution in [0.15, 0.2) is 55.1 Å². The fraction of sp³-hybridized carbons (Fsp3) is 0.368. The molecule has 0 saturated carbocycles. The van der Waals surface area contributed by atoms with Gasteiger partial charge >= 0.3 is 0 Å². The first kappa shape index (κ1) is 17.1. The SMILES string of the molecule is C=CCO[C@H]1OC[C@H](O)[C@H](O)[C@H]1OCc1ccc2ccccc2c1. The number of hydrogen-bond donors (Lipinski definition) is 2. The Balaban J connectivity index is 1.69. The van der Waals surface area contributed by atoms with Crippen LogP contribution in [0.3, 0.4) is 0 Å². The Bertz CT molecular complexity index is 686. The van der Waals surface area contributed by atoms with Crippen molar-refractivity contribution >= 4 is 10.8 Å². The van der Waals surface area contributed by atoms with E-state index in [9.17, 15) is 10.2 Å². The summed E-state index contributed by atoms with van der Waals surface area (Å²) in [7, 11) is 0. The van der Waals surface area contributed by atoms with Gasteiger partial charge in [0.1, 0.15) is 18.3 Å². The van der Waals surface area contributed by atoms with Crippen LogP contribution in [0.4, 0.5) is 0 Å². The standard InChI is InChI=1S/C19H22O5/c1-2-9-22-19-18(17(21)16(20)12-24-19)23-11-13-7-8-14-5-3-4-6-15(14)10-13/h2-8,10,16-21H,1,9,11-12H2/t16-,17-,18+,19-/m0/s1. The summed E-state index contributed by atoms with van der Waals surface area (Å²) < 4.78 is 16.7. The predicted octanol–water partition coefficient (Wildman–Crippen LogP) is 2.01. The van der Waals surface area contributed by atoms with Gasteiger partial charge in [0.05, 0.1) is 19.8 Å². The van der Waals surface area contributed by atoms with E-state index < -0.39 is 24.6 Å². The Morgan fingerprint density at radius 2 is 1.92 bits per heavy atom. The molecule has 1 fully saturated rings. The highest BCUT2D eigenvalue weighted by molar-refractivity contribution is 5.82. The maximum Gasteiger partial charge on any atom is 0.186 e. The van der Waals surface area contributed by atoms with Gasteiger partial charge in [-0.1, -0.05) is 42.5 Å². The first-order valence-electron chi connectivity index (χ1n) is 7.98. The van der Waals surface area contributed by atoms with E-state index in [2.05, 4.69) is 6.58 Å². The third-order valence-electron chi connectivity index (χ3n) is 4.06. The Labute approximate surface area is 141 Å². The summed E-state index contributed by atoms with van der Waals surface area (Å²) in [5.41, 5.74) is 0.975. The van der Waals surface area contributed by atoms with Crippen molar-refractivity contribution in [3.63, 3.8) is 0 Å². The third kappa shape index (κ3) is 3.83. The Morgan fingerprint density at radius 3 is 2.71 bits per heavy atom. The molecule has 128 valence electrons. The highest BCUT2D eigenvalue weighted by atomic mass is 16.7. The summed E-state index contributed by atoms with van der Waals surface area (Å²) in [6.07, 6.45) is -1.95. The van der Waals surface area contributed by atoms with Crippen molar-refractivity contribution in [3.05, 3.63) is 60.7 Å². The summed E-state index contributed by atoms with van der Waals surface area (Å²) in [4.78, 5) is 0. The molecule has 0 bridgehead atoms. The Morgan fingerprint density at radius 1 is 1.12 bits per heavy atom. The van der Waals surface area contributed by atoms with Crippen LogP contribution in [0.5, 0.6) is 0 Å². The highest BCUT2D eigenvalue weighted by Gasteiger charge is 2.40. The fourth-order valence-electron chi connectivity index (χ4n) is 2.77. The topological polar surface area (TPSA) is 68.2 Å². The monoisotopic (exact) mass is 330 g/mol. The molecule has 2 N–H and O–H groups in total. The fourth-order valence-corrected chi connectivity index (χ4v) is 2.77. The zero-order valence-corrected chi connectivity index (χ0v) is 13.4. The van der Waals surface area contributed by atoms with Gasteiger partial charge < -0.3 is 24.4 Å². The van der Waals surface area contributed by atoms with Crippen molar-refractivity contribution < 1.29 is 24.4 Å². The van der Waals surface area contributed by atoms with E-state index in [1.807, 2.05) is 42.5 Å². The Hall–Kier alpha value is -1.76. The van der Waals surface area contributed by atoms with E-state index in [-0.39, 0.29) is 19.8 Å². The van der Waals surface area contributed by atoms with E-state index >= 15 is 0 Å². The van der Waals surface area contributed by atoms with Crippen molar-refractivity contribution in [3.8, 4) is 0 Å². The Kier molecular flexibility index (Phi) is 5.60. The minimum atomic E-state index is -1.06. The molecule has 1 saturated heterocycles. The minimum absolute atomic E-state index is 0.0127. The van der Waals surface area contributed by atoms with E-state index in [1.165, 1.54) is 0 Å². The van der Waals surface area contributed by atoms with E-state index in [0.29, 0.717) is 0 Å². The number of hydrogen-bond acceptors (Lipinski definition) is 5. The molecule has 2 aromatic carbocycles. The third-order valence-corrected chi connectivity index (χ3v) is 4.06. The summed E-state index contributed by atoms with van der Waals surface area (Å²) in [5, 5.41) is 22.3. The second-order valence-electron chi connectivity index (χ2n) is 5.84. The van der Waals surface area contributed by atoms with Gasteiger partial charge in [-0.25, -0.2) is 0 Å². The van der Waals surface area contributed by atoms with Crippen LogP contribution in [0, 0.1) is 0 Å². The van der Waals surface area contributed by atoms with E-state index in [1.54, 1.807) is 6.08 Å². The molecule has 0 amide bonds. The lowest BCUT2D eigenvalue weighted by molar-refractivity contribution is -0.280. The number of ether oxygens (including phenoxy) is 3. The zero-order chi connectivity index (χ0) is 16.9. The predicted molar refractivity (Wildman–Crippen MR) is 90.4 cm³/mol. The molecule has 5 nitrogen and oxygen atoms in total. The number of aliphatic hydroxyl groups is 2. The van der Waals surface area contributed by atoms with Gasteiger partial charge in [0.15, 0.2) is 6.29 Å². The second-order valence-corrected chi connectivity index (χ2v) is 5.84. The maximum atomic E-state index is 10.2. The van der Waals surface area contributed by atoms with Gasteiger partial charge in [0, 0.05) is 0 Å². The quantitative estimate of drug-likeness (QED) is 0.793. The minimum Gasteiger partial charge on any atom is -0.388 e. The molecular weight excluding hydrogens is 308 g/mol. The van der Waals surface area contributed by atoms with Crippen molar-refractivity contribution in [2.75, 3.05) is 13.2 Å². The van der Waals surface area contributed by atoms with Gasteiger partial charge in [0.25, 0.3) is 0 Å². The molecule has 3 rings (SSSR count). The molecule has 0 spiro atoms. The normalized spacial score (nSPS) is 27.2. The molecule has 5 heteroatoms. The van der Waals surface area contributed by atoms with E-state index in [4.69, 9.17) is 14.2 Å². The largest absolute Gasteiger partial charge is 0.388 e. The van der Waals surface area contributed by atoms with Crippen LogP contribution in [0.2, 0.25) is 0 Å². The van der Waals surface area contributed by atoms with Crippen LogP contribution < -0.4 is 0 Å². The average molecular weight is 330 g/mol. The summed E-state index contributed by atoms with van der Waals surface area (Å²) in [6, 6.07) is 14.1. The van der Waals surface area contributed by atoms with Crippen LogP contribution in [-0.2, 0) is 20.8 Å². The first-order chi connectivity index (χ1) is 11.7. The van der Waals surface area contributed by atoms with Crippen LogP contribution in [0.1, 0.15) is 5.56 Å². The molecule has 1 aliphatic rings. The van der Waals surface area contributed by atoms with Gasteiger partial charge in [0.2, 0.25) is 0 Å². The number of fused-ring (bicyclic) bond motifs is 1. The summed E-state index contributed by atoms with van der Waals surface area (Å²) in [5.74, 6) is 0. The van der Waals surface area contributed by atoms with Crippen LogP contribution in [0.25, 0.3) is 10.8 Å². The molecule has 4 atom stereocenters. The molecule has 1 aliphatic heterocycles. The van der Waals surface area contributed by atoms with Crippen LogP contribution in [-0.4, -0.2) is 48.0 Å². The molecule has 0 aliphatic carbocycles.